The highest BCUT2D eigenvalue weighted by Gasteiger charge is 2.17. The Kier molecular flexibility index (Phi) is 3.48. The van der Waals surface area contributed by atoms with Gasteiger partial charge in [-0.15, -0.1) is 0 Å². The van der Waals surface area contributed by atoms with Crippen LogP contribution in [0.15, 0.2) is 30.5 Å². The maximum Gasteiger partial charge on any atom is 0.343 e. The van der Waals surface area contributed by atoms with Crippen LogP contribution in [0.2, 0.25) is 0 Å². The van der Waals surface area contributed by atoms with Gasteiger partial charge < -0.3 is 10.5 Å². The monoisotopic (exact) mass is 256 g/mol. The van der Waals surface area contributed by atoms with Crippen molar-refractivity contribution in [3.05, 3.63) is 41.6 Å². The van der Waals surface area contributed by atoms with Crippen LogP contribution in [0.25, 0.3) is 5.69 Å². The number of nitriles is 1. The molecule has 0 saturated heterocycles. The minimum absolute atomic E-state index is 0.188. The molecule has 0 saturated carbocycles. The average molecular weight is 256 g/mol. The minimum atomic E-state index is -0.511. The Morgan fingerprint density at radius 3 is 3.05 bits per heavy atom. The Morgan fingerprint density at radius 1 is 1.58 bits per heavy atom. The van der Waals surface area contributed by atoms with Gasteiger partial charge in [0.2, 0.25) is 0 Å². The second kappa shape index (κ2) is 5.23. The first-order chi connectivity index (χ1) is 9.17. The lowest BCUT2D eigenvalue weighted by molar-refractivity contribution is 0.0527. The van der Waals surface area contributed by atoms with Gasteiger partial charge in [-0.3, -0.25) is 0 Å². The van der Waals surface area contributed by atoms with Crippen molar-refractivity contribution < 1.29 is 9.53 Å². The van der Waals surface area contributed by atoms with Crippen molar-refractivity contribution in [1.29, 1.82) is 5.26 Å². The van der Waals surface area contributed by atoms with Crippen LogP contribution >= 0.6 is 0 Å². The number of nitrogens with two attached hydrogens (primary N) is 1. The number of ether oxygens (including phenoxy) is 1. The summed E-state index contributed by atoms with van der Waals surface area (Å²) in [6.45, 7) is 1.99. The van der Waals surface area contributed by atoms with Crippen LogP contribution in [0.3, 0.4) is 0 Å². The number of anilines is 1. The molecule has 96 valence electrons. The maximum atomic E-state index is 11.6. The number of nitrogens with zero attached hydrogens (tertiary/aromatic N) is 3. The summed E-state index contributed by atoms with van der Waals surface area (Å²) in [6, 6.07) is 8.82. The zero-order chi connectivity index (χ0) is 13.8. The van der Waals surface area contributed by atoms with Gasteiger partial charge in [-0.1, -0.05) is 6.07 Å². The number of benzene rings is 1. The zero-order valence-electron chi connectivity index (χ0n) is 10.3. The van der Waals surface area contributed by atoms with Gasteiger partial charge in [-0.05, 0) is 25.1 Å². The first-order valence-electron chi connectivity index (χ1n) is 5.68. The summed E-state index contributed by atoms with van der Waals surface area (Å²) in [5.41, 5.74) is 7.20. The topological polar surface area (TPSA) is 93.9 Å². The molecule has 0 fully saturated rings. The predicted octanol–water partition coefficient (Wildman–Crippen LogP) is 1.50. The molecule has 2 rings (SSSR count). The molecule has 0 radical (unpaired) electrons. The number of rotatable bonds is 3. The lowest BCUT2D eigenvalue weighted by atomic mass is 10.2. The predicted molar refractivity (Wildman–Crippen MR) is 68.6 cm³/mol. The molecule has 0 unspecified atom stereocenters. The van der Waals surface area contributed by atoms with Crippen molar-refractivity contribution in [2.75, 3.05) is 12.3 Å². The fraction of sp³-hybridized carbons (Fsp3) is 0.154. The van der Waals surface area contributed by atoms with E-state index < -0.39 is 5.97 Å². The van der Waals surface area contributed by atoms with Crippen molar-refractivity contribution >= 4 is 11.8 Å². The molecule has 1 aromatic heterocycles. The molecule has 2 N–H and O–H groups in total. The van der Waals surface area contributed by atoms with E-state index in [0.717, 1.165) is 0 Å². The van der Waals surface area contributed by atoms with Gasteiger partial charge >= 0.3 is 5.97 Å². The molecule has 0 amide bonds. The summed E-state index contributed by atoms with van der Waals surface area (Å²) in [4.78, 5) is 11.6. The summed E-state index contributed by atoms with van der Waals surface area (Å²) >= 11 is 0. The van der Waals surface area contributed by atoms with Crippen molar-refractivity contribution in [3.63, 3.8) is 0 Å². The molecular weight excluding hydrogens is 244 g/mol. The summed E-state index contributed by atoms with van der Waals surface area (Å²) in [5.74, 6) is -0.323. The molecule has 0 spiro atoms. The van der Waals surface area contributed by atoms with Crippen molar-refractivity contribution in [3.8, 4) is 11.8 Å². The first-order valence-corrected chi connectivity index (χ1v) is 5.68. The Balaban J connectivity index is 2.42. The van der Waals surface area contributed by atoms with E-state index in [2.05, 4.69) is 5.10 Å². The van der Waals surface area contributed by atoms with E-state index in [1.165, 1.54) is 10.9 Å². The summed E-state index contributed by atoms with van der Waals surface area (Å²) in [5, 5.41) is 12.9. The third-order valence-electron chi connectivity index (χ3n) is 2.52. The molecule has 6 nitrogen and oxygen atoms in total. The number of hydrogen-bond donors (Lipinski definition) is 1. The molecule has 6 heteroatoms. The lowest BCUT2D eigenvalue weighted by Gasteiger charge is -2.05. The Bertz CT molecular complexity index is 655. The van der Waals surface area contributed by atoms with Crippen molar-refractivity contribution in [2.45, 2.75) is 6.92 Å². The lowest BCUT2D eigenvalue weighted by Crippen LogP contribution is -2.09. The van der Waals surface area contributed by atoms with Crippen LogP contribution in [-0.4, -0.2) is 22.4 Å². The highest BCUT2D eigenvalue weighted by Crippen LogP contribution is 2.18. The van der Waals surface area contributed by atoms with Crippen LogP contribution < -0.4 is 5.73 Å². The number of carbonyl (C=O) groups is 1. The molecule has 1 aromatic carbocycles. The molecule has 2 aromatic rings. The second-order valence-electron chi connectivity index (χ2n) is 3.74. The van der Waals surface area contributed by atoms with E-state index >= 15 is 0 Å². The first kappa shape index (κ1) is 12.6. The fourth-order valence-electron chi connectivity index (χ4n) is 1.64. The van der Waals surface area contributed by atoms with E-state index in [4.69, 9.17) is 15.7 Å². The van der Waals surface area contributed by atoms with Gasteiger partial charge in [-0.25, -0.2) is 9.48 Å². The van der Waals surface area contributed by atoms with E-state index in [1.54, 1.807) is 31.2 Å². The van der Waals surface area contributed by atoms with Crippen LogP contribution in [-0.2, 0) is 4.74 Å². The van der Waals surface area contributed by atoms with Crippen molar-refractivity contribution in [1.82, 2.24) is 9.78 Å². The standard InChI is InChI=1S/C13H12N4O2/c1-2-19-13(18)11-8-16-17(12(11)15)10-5-3-4-9(6-10)7-14/h3-6,8H,2,15H2,1H3. The average Bonchev–Trinajstić information content (AvgIpc) is 2.81. The quantitative estimate of drug-likeness (QED) is 0.840. The van der Waals surface area contributed by atoms with E-state index in [0.29, 0.717) is 11.3 Å². The molecule has 0 aliphatic carbocycles. The highest BCUT2D eigenvalue weighted by molar-refractivity contribution is 5.94. The SMILES string of the molecule is CCOC(=O)c1cnn(-c2cccc(C#N)c2)c1N. The van der Waals surface area contributed by atoms with Crippen LogP contribution in [0.1, 0.15) is 22.8 Å². The van der Waals surface area contributed by atoms with E-state index in [1.807, 2.05) is 6.07 Å². The second-order valence-corrected chi connectivity index (χ2v) is 3.74. The van der Waals surface area contributed by atoms with Gasteiger partial charge in [-0.2, -0.15) is 10.4 Å². The third-order valence-corrected chi connectivity index (χ3v) is 2.52. The normalized spacial score (nSPS) is 9.89. The van der Waals surface area contributed by atoms with Crippen LogP contribution in [0.5, 0.6) is 0 Å². The third kappa shape index (κ3) is 2.40. The van der Waals surface area contributed by atoms with Gasteiger partial charge in [0.25, 0.3) is 0 Å². The molecule has 0 bridgehead atoms. The van der Waals surface area contributed by atoms with Crippen LogP contribution in [0.4, 0.5) is 5.82 Å². The fourth-order valence-corrected chi connectivity index (χ4v) is 1.64. The smallest absolute Gasteiger partial charge is 0.343 e. The van der Waals surface area contributed by atoms with Gasteiger partial charge in [0.15, 0.2) is 0 Å². The Hall–Kier alpha value is -2.81. The van der Waals surface area contributed by atoms with E-state index in [-0.39, 0.29) is 18.0 Å². The largest absolute Gasteiger partial charge is 0.462 e. The summed E-state index contributed by atoms with van der Waals surface area (Å²) < 4.78 is 6.27. The molecular formula is C13H12N4O2. The molecule has 0 aliphatic heterocycles. The zero-order valence-corrected chi connectivity index (χ0v) is 10.3. The maximum absolute atomic E-state index is 11.6. The molecule has 19 heavy (non-hydrogen) atoms. The molecule has 1 heterocycles. The number of nitrogen functional groups attached to an aromatic ring is 1. The number of aromatic nitrogens is 2. The van der Waals surface area contributed by atoms with Crippen molar-refractivity contribution in [2.24, 2.45) is 0 Å². The molecule has 0 aliphatic rings. The molecule has 0 atom stereocenters. The minimum Gasteiger partial charge on any atom is -0.462 e. The van der Waals surface area contributed by atoms with Gasteiger partial charge in [0.05, 0.1) is 30.1 Å². The van der Waals surface area contributed by atoms with Crippen LogP contribution in [0, 0.1) is 11.3 Å². The van der Waals surface area contributed by atoms with E-state index in [9.17, 15) is 4.79 Å². The Morgan fingerprint density at radius 2 is 2.37 bits per heavy atom. The number of esters is 1. The summed E-state index contributed by atoms with van der Waals surface area (Å²) in [7, 11) is 0. The summed E-state index contributed by atoms with van der Waals surface area (Å²) in [6.07, 6.45) is 1.35. The Labute approximate surface area is 110 Å². The van der Waals surface area contributed by atoms with Gasteiger partial charge in [0.1, 0.15) is 11.4 Å². The highest BCUT2D eigenvalue weighted by atomic mass is 16.5. The number of carbonyl (C=O) groups excluding carboxylic acids is 1. The van der Waals surface area contributed by atoms with Gasteiger partial charge in [0, 0.05) is 0 Å². The number of hydrogen-bond acceptors (Lipinski definition) is 5.